The van der Waals surface area contributed by atoms with Crippen molar-refractivity contribution < 1.29 is 76.8 Å². The summed E-state index contributed by atoms with van der Waals surface area (Å²) in [6.07, 6.45) is 4.06. The average Bonchev–Trinajstić information content (AvgIpc) is 1.75. The van der Waals surface area contributed by atoms with E-state index in [2.05, 4.69) is 16.0 Å². The highest BCUT2D eigenvalue weighted by Gasteiger charge is 2.37. The molecule has 21 nitrogen and oxygen atoms in total. The zero-order valence-corrected chi connectivity index (χ0v) is 62.7. The Morgan fingerprint density at radius 3 is 1.24 bits per heavy atom. The summed E-state index contributed by atoms with van der Waals surface area (Å²) in [6, 6.07) is 32.1. The number of anilines is 2. The van der Waals surface area contributed by atoms with Crippen LogP contribution in [0.25, 0.3) is 11.1 Å². The number of benzene rings is 6. The van der Waals surface area contributed by atoms with Crippen LogP contribution in [0.15, 0.2) is 121 Å². The van der Waals surface area contributed by atoms with Crippen molar-refractivity contribution in [2.45, 2.75) is 156 Å². The number of nitrogens with one attached hydrogen (secondary N) is 3. The van der Waals surface area contributed by atoms with Crippen LogP contribution in [0.5, 0.6) is 46.0 Å². The van der Waals surface area contributed by atoms with Gasteiger partial charge in [-0.05, 0) is 171 Å². The van der Waals surface area contributed by atoms with Crippen molar-refractivity contribution >= 4 is 52.0 Å². The molecule has 0 heterocycles. The van der Waals surface area contributed by atoms with Crippen LogP contribution in [0.2, 0.25) is 0 Å². The maximum absolute atomic E-state index is 14.2. The average molecular weight is 1420 g/mol. The van der Waals surface area contributed by atoms with Gasteiger partial charge in [0.25, 0.3) is 0 Å². The third-order valence-electron chi connectivity index (χ3n) is 18.5. The number of carbonyl (C=O) groups is 5. The van der Waals surface area contributed by atoms with Crippen molar-refractivity contribution in [2.24, 2.45) is 29.6 Å². The van der Waals surface area contributed by atoms with E-state index in [9.17, 15) is 34.2 Å². The fourth-order valence-corrected chi connectivity index (χ4v) is 13.5. The Labute approximate surface area is 607 Å². The first-order valence-electron chi connectivity index (χ1n) is 35.1. The van der Waals surface area contributed by atoms with Crippen LogP contribution < -0.4 is 65.3 Å². The minimum absolute atomic E-state index is 0.0366. The standard InChI is InChI=1S/C43H57N3O9.C39H50N2O7/c1-25(2)19-28(22-35(47)38(48)34(20-26-13-11-10-12-14-26)46-42(50)55-43(3,4)5)41(49)45-29-16-17-30-32(24-37(52-7)40(54-9)39(30)53-8)31(23-29)27-15-18-36(51-6)33(44)21-27;1-23(2)17-27(20-33(42)36(43)24(3)18-25-11-9-8-10-12-25)39(44)41-28-14-15-29-31(22-35(46-5)38(48-7)37(29)47-6)30(21-28)26-13-16-34(45-4)32(40)19-26/h10-15,18,21,23-25,28-29,34,38,48H,16-17,19-20,22,44H2,1-9H3,(H,45,49)(H,46,50);8-13,16,19,21-24,27-28,36,43H,14-15,17-18,20,40H2,1-7H3,(H,41,44). The Morgan fingerprint density at radius 1 is 0.495 bits per heavy atom. The maximum Gasteiger partial charge on any atom is 0.407 e. The number of hydrogen-bond acceptors (Lipinski definition) is 18. The normalized spacial score (nSPS) is 15.9. The fraction of sp³-hybridized carbons (Fsp3) is 0.451. The quantitative estimate of drug-likeness (QED) is 0.0199. The van der Waals surface area contributed by atoms with E-state index in [1.165, 1.54) is 0 Å². The monoisotopic (exact) mass is 1420 g/mol. The lowest BCUT2D eigenvalue weighted by atomic mass is 9.86. The van der Waals surface area contributed by atoms with Crippen LogP contribution in [-0.4, -0.2) is 133 Å². The lowest BCUT2D eigenvalue weighted by molar-refractivity contribution is -0.135. The molecule has 0 aliphatic heterocycles. The van der Waals surface area contributed by atoms with E-state index in [4.69, 9.17) is 54.1 Å². The Hall–Kier alpha value is -9.73. The van der Waals surface area contributed by atoms with Gasteiger partial charge in [0, 0.05) is 47.9 Å². The van der Waals surface area contributed by atoms with Gasteiger partial charge in [-0.2, -0.15) is 0 Å². The van der Waals surface area contributed by atoms with E-state index in [1.807, 2.05) is 150 Å². The van der Waals surface area contributed by atoms with Crippen molar-refractivity contribution in [3.05, 3.63) is 166 Å². The molecule has 2 aliphatic carbocycles. The minimum atomic E-state index is -1.59. The number of nitrogens with two attached hydrogens (primary N) is 2. The van der Waals surface area contributed by atoms with Crippen LogP contribution in [0, 0.1) is 29.6 Å². The summed E-state index contributed by atoms with van der Waals surface area (Å²) < 4.78 is 50.8. The maximum atomic E-state index is 14.2. The van der Waals surface area contributed by atoms with Crippen LogP contribution in [0.3, 0.4) is 0 Å². The topological polar surface area (TPSA) is 297 Å². The Kier molecular flexibility index (Phi) is 29.3. The second-order valence-corrected chi connectivity index (χ2v) is 28.2. The number of ketones is 2. The highest BCUT2D eigenvalue weighted by molar-refractivity contribution is 5.93. The number of methoxy groups -OCH3 is 8. The van der Waals surface area contributed by atoms with E-state index in [-0.39, 0.29) is 60.7 Å². The predicted molar refractivity (Wildman–Crippen MR) is 401 cm³/mol. The molecule has 6 aromatic carbocycles. The molecule has 6 aromatic rings. The van der Waals surface area contributed by atoms with Gasteiger partial charge < -0.3 is 80.3 Å². The molecule has 0 bridgehead atoms. The predicted octanol–water partition coefficient (Wildman–Crippen LogP) is 12.3. The summed E-state index contributed by atoms with van der Waals surface area (Å²) in [7, 11) is 12.6. The molecule has 0 fully saturated rings. The van der Waals surface area contributed by atoms with Crippen molar-refractivity contribution in [3.63, 3.8) is 0 Å². The lowest BCUT2D eigenvalue weighted by Gasteiger charge is -2.27. The van der Waals surface area contributed by atoms with E-state index in [0.29, 0.717) is 102 Å². The van der Waals surface area contributed by atoms with Crippen molar-refractivity contribution in [1.82, 2.24) is 16.0 Å². The second-order valence-electron chi connectivity index (χ2n) is 28.2. The number of Topliss-reactive ketones (excluding diaryl/α,β-unsaturated/α-hetero) is 2. The Bertz CT molecular complexity index is 3940. The Balaban J connectivity index is 0.000000291. The zero-order chi connectivity index (χ0) is 75.4. The minimum Gasteiger partial charge on any atom is -0.495 e. The van der Waals surface area contributed by atoms with Crippen molar-refractivity contribution in [3.8, 4) is 46.0 Å². The number of rotatable bonds is 31. The van der Waals surface area contributed by atoms with Gasteiger partial charge in [0.15, 0.2) is 34.6 Å². The molecule has 9 N–H and O–H groups in total. The number of nitrogen functional groups attached to an aromatic ring is 2. The van der Waals surface area contributed by atoms with E-state index in [0.717, 1.165) is 55.7 Å². The highest BCUT2D eigenvalue weighted by Crippen LogP contribution is 2.49. The van der Waals surface area contributed by atoms with Crippen LogP contribution in [0.4, 0.5) is 16.2 Å². The van der Waals surface area contributed by atoms with Gasteiger partial charge >= 0.3 is 6.09 Å². The van der Waals surface area contributed by atoms with Crippen LogP contribution in [0.1, 0.15) is 138 Å². The van der Waals surface area contributed by atoms with Crippen LogP contribution in [-0.2, 0) is 49.6 Å². The SMILES string of the molecule is COc1ccc(C2=CC(NC(=O)C(CC(=O)C(O)C(C)Cc3ccccc3)CC(C)C)CCc3c2cc(OC)c(OC)c3OC)cc1N.COc1ccc(C2=CC(NC(=O)C(CC(=O)C(O)C(Cc3ccccc3)NC(=O)OC(C)(C)C)CC(C)C)CCc3c2cc(OC)c(OC)c3OC)cc1N. The van der Waals surface area contributed by atoms with E-state index < -0.39 is 53.6 Å². The number of aliphatic hydroxyl groups excluding tert-OH is 2. The number of alkyl carbamates (subject to hydrolysis) is 1. The van der Waals surface area contributed by atoms with E-state index >= 15 is 0 Å². The summed E-state index contributed by atoms with van der Waals surface area (Å²) >= 11 is 0. The molecule has 0 saturated carbocycles. The van der Waals surface area contributed by atoms with Gasteiger partial charge in [0.1, 0.15) is 29.3 Å². The van der Waals surface area contributed by atoms with Gasteiger partial charge in [-0.1, -0.05) is 120 Å². The van der Waals surface area contributed by atoms with E-state index in [1.54, 1.807) is 83.7 Å². The molecule has 0 spiro atoms. The lowest BCUT2D eigenvalue weighted by Crippen LogP contribution is -2.50. The van der Waals surface area contributed by atoms with Gasteiger partial charge in [-0.15, -0.1) is 0 Å². The Morgan fingerprint density at radius 2 is 0.883 bits per heavy atom. The zero-order valence-electron chi connectivity index (χ0n) is 62.7. The number of ether oxygens (including phenoxy) is 9. The van der Waals surface area contributed by atoms with Gasteiger partial charge in [-0.3, -0.25) is 19.2 Å². The molecular weight excluding hydrogens is 1310 g/mol. The first kappa shape index (κ1) is 80.6. The first-order valence-corrected chi connectivity index (χ1v) is 35.1. The van der Waals surface area contributed by atoms with Gasteiger partial charge in [0.2, 0.25) is 23.3 Å². The summed E-state index contributed by atoms with van der Waals surface area (Å²) in [4.78, 5) is 68.3. The smallest absolute Gasteiger partial charge is 0.407 e. The largest absolute Gasteiger partial charge is 0.495 e. The molecule has 8 atom stereocenters. The molecule has 8 unspecified atom stereocenters. The number of fused-ring (bicyclic) bond motifs is 2. The molecule has 0 aromatic heterocycles. The molecule has 556 valence electrons. The third kappa shape index (κ3) is 21.4. The molecule has 21 heteroatoms. The molecule has 8 rings (SSSR count). The van der Waals surface area contributed by atoms with Gasteiger partial charge in [-0.25, -0.2) is 4.79 Å². The number of hydrogen-bond donors (Lipinski definition) is 7. The van der Waals surface area contributed by atoms with Crippen molar-refractivity contribution in [2.75, 3.05) is 68.3 Å². The first-order chi connectivity index (χ1) is 49.1. The number of amides is 3. The molecule has 2 aliphatic rings. The second kappa shape index (κ2) is 37.4. The van der Waals surface area contributed by atoms with Gasteiger partial charge in [0.05, 0.1) is 74.3 Å². The summed E-state index contributed by atoms with van der Waals surface area (Å²) in [5.41, 5.74) is 21.4. The molecule has 103 heavy (non-hydrogen) atoms. The van der Waals surface area contributed by atoms with Crippen molar-refractivity contribution in [1.29, 1.82) is 0 Å². The summed E-state index contributed by atoms with van der Waals surface area (Å²) in [5.74, 6) is 1.31. The number of aliphatic hydroxyl groups is 2. The molecular formula is C82H107N5O16. The highest BCUT2D eigenvalue weighted by atomic mass is 16.6. The molecule has 3 amide bonds. The van der Waals surface area contributed by atoms with Crippen LogP contribution >= 0.6 is 0 Å². The third-order valence-corrected chi connectivity index (χ3v) is 18.5. The molecule has 0 radical (unpaired) electrons. The molecule has 0 saturated heterocycles. The summed E-state index contributed by atoms with van der Waals surface area (Å²) in [5, 5.41) is 31.6. The fourth-order valence-electron chi connectivity index (χ4n) is 13.5. The summed E-state index contributed by atoms with van der Waals surface area (Å²) in [6.45, 7) is 15.1. The number of carbonyl (C=O) groups excluding carboxylic acids is 5.